The molecule has 186 valence electrons. The molecule has 12 heteroatoms. The van der Waals surface area contributed by atoms with Gasteiger partial charge in [-0.05, 0) is 31.2 Å². The standard InChI is InChI=1S/C23H23FN2O7S2/c1-2-31-22(28)7-9-26-17-13-18-19(33-11-10-32-18)14-20(17)34-23(26)25-21(27)8-12-35(29,30)16-5-3-15(24)4-6-16/h3-6,13-14H,2,7-12H2,1H3. The number of carbonyl (C=O) groups excluding carboxylic acids is 2. The highest BCUT2D eigenvalue weighted by Gasteiger charge is 2.19. The lowest BCUT2D eigenvalue weighted by atomic mass is 10.2. The molecule has 4 rings (SSSR count). The fraction of sp³-hybridized carbons (Fsp3) is 0.348. The summed E-state index contributed by atoms with van der Waals surface area (Å²) in [4.78, 5) is 29.0. The minimum absolute atomic E-state index is 0.0639. The van der Waals surface area contributed by atoms with Crippen molar-refractivity contribution < 1.29 is 36.6 Å². The zero-order chi connectivity index (χ0) is 25.0. The van der Waals surface area contributed by atoms with Gasteiger partial charge in [-0.15, -0.1) is 0 Å². The third-order valence-corrected chi connectivity index (χ3v) is 7.94. The van der Waals surface area contributed by atoms with Crippen LogP contribution in [-0.2, 0) is 30.7 Å². The summed E-state index contributed by atoms with van der Waals surface area (Å²) in [6.07, 6.45) is -0.289. The molecule has 0 atom stereocenters. The predicted molar refractivity (Wildman–Crippen MR) is 126 cm³/mol. The second kappa shape index (κ2) is 10.6. The zero-order valence-corrected chi connectivity index (χ0v) is 20.5. The number of ether oxygens (including phenoxy) is 3. The smallest absolute Gasteiger partial charge is 0.307 e. The molecule has 1 aromatic heterocycles. The maximum Gasteiger partial charge on any atom is 0.307 e. The van der Waals surface area contributed by atoms with Crippen molar-refractivity contribution in [2.45, 2.75) is 31.2 Å². The quantitative estimate of drug-likeness (QED) is 0.330. The van der Waals surface area contributed by atoms with Gasteiger partial charge >= 0.3 is 5.97 Å². The first kappa shape index (κ1) is 24.9. The number of nitrogens with zero attached hydrogens (tertiary/aromatic N) is 2. The zero-order valence-electron chi connectivity index (χ0n) is 18.9. The van der Waals surface area contributed by atoms with E-state index in [1.165, 1.54) is 11.3 Å². The van der Waals surface area contributed by atoms with Crippen LogP contribution in [0.5, 0.6) is 11.5 Å². The first-order chi connectivity index (χ1) is 16.8. The van der Waals surface area contributed by atoms with E-state index in [1.807, 2.05) is 0 Å². The molecule has 0 fully saturated rings. The molecule has 0 unspecified atom stereocenters. The summed E-state index contributed by atoms with van der Waals surface area (Å²) in [5.74, 6) is -0.917. The molecule has 0 aliphatic carbocycles. The molecule has 0 radical (unpaired) electrons. The Morgan fingerprint density at radius 1 is 1.11 bits per heavy atom. The first-order valence-electron chi connectivity index (χ1n) is 10.9. The van der Waals surface area contributed by atoms with Crippen molar-refractivity contribution >= 4 is 43.3 Å². The highest BCUT2D eigenvalue weighted by molar-refractivity contribution is 7.91. The third kappa shape index (κ3) is 5.88. The van der Waals surface area contributed by atoms with E-state index in [9.17, 15) is 22.4 Å². The predicted octanol–water partition coefficient (Wildman–Crippen LogP) is 2.86. The molecule has 0 bridgehead atoms. The number of halogens is 1. The number of fused-ring (bicyclic) bond motifs is 2. The van der Waals surface area contributed by atoms with E-state index in [1.54, 1.807) is 23.6 Å². The SMILES string of the molecule is CCOC(=O)CCn1c(=NC(=O)CCS(=O)(=O)c2ccc(F)cc2)sc2cc3c(cc21)OCCO3. The van der Waals surface area contributed by atoms with E-state index < -0.39 is 27.3 Å². The number of amides is 1. The van der Waals surface area contributed by atoms with Crippen LogP contribution in [0.25, 0.3) is 10.2 Å². The topological polar surface area (TPSA) is 113 Å². The van der Waals surface area contributed by atoms with Crippen molar-refractivity contribution in [3.05, 3.63) is 47.0 Å². The molecular formula is C23H23FN2O7S2. The van der Waals surface area contributed by atoms with E-state index in [4.69, 9.17) is 14.2 Å². The lowest BCUT2D eigenvalue weighted by Crippen LogP contribution is -2.20. The normalized spacial score (nSPS) is 13.7. The third-order valence-electron chi connectivity index (χ3n) is 5.17. The Kier molecular flexibility index (Phi) is 7.51. The Bertz CT molecular complexity index is 1430. The summed E-state index contributed by atoms with van der Waals surface area (Å²) in [5.41, 5.74) is 0.703. The molecule has 1 aliphatic heterocycles. The number of carbonyl (C=O) groups is 2. The Morgan fingerprint density at radius 3 is 2.49 bits per heavy atom. The fourth-order valence-electron chi connectivity index (χ4n) is 3.49. The van der Waals surface area contributed by atoms with Gasteiger partial charge in [-0.25, -0.2) is 12.8 Å². The molecule has 1 aliphatic rings. The van der Waals surface area contributed by atoms with Gasteiger partial charge in [0.2, 0.25) is 5.91 Å². The highest BCUT2D eigenvalue weighted by Crippen LogP contribution is 2.35. The van der Waals surface area contributed by atoms with Crippen LogP contribution < -0.4 is 14.3 Å². The lowest BCUT2D eigenvalue weighted by Gasteiger charge is -2.18. The molecule has 1 amide bonds. The maximum absolute atomic E-state index is 13.1. The second-order valence-electron chi connectivity index (χ2n) is 7.58. The molecule has 0 saturated heterocycles. The van der Waals surface area contributed by atoms with Gasteiger partial charge in [-0.3, -0.25) is 9.59 Å². The van der Waals surface area contributed by atoms with Crippen LogP contribution in [0, 0.1) is 5.82 Å². The number of hydrogen-bond donors (Lipinski definition) is 0. The maximum atomic E-state index is 13.1. The number of rotatable bonds is 8. The van der Waals surface area contributed by atoms with Gasteiger partial charge < -0.3 is 18.8 Å². The monoisotopic (exact) mass is 522 g/mol. The van der Waals surface area contributed by atoms with Crippen molar-refractivity contribution in [1.29, 1.82) is 0 Å². The minimum atomic E-state index is -3.78. The van der Waals surface area contributed by atoms with Crippen molar-refractivity contribution in [2.24, 2.45) is 4.99 Å². The largest absolute Gasteiger partial charge is 0.486 e. The van der Waals surface area contributed by atoms with E-state index >= 15 is 0 Å². The summed E-state index contributed by atoms with van der Waals surface area (Å²) >= 11 is 1.22. The van der Waals surface area contributed by atoms with Crippen molar-refractivity contribution in [2.75, 3.05) is 25.6 Å². The number of sulfone groups is 1. The molecule has 3 aromatic rings. The van der Waals surface area contributed by atoms with Crippen LogP contribution in [0.15, 0.2) is 46.3 Å². The summed E-state index contributed by atoms with van der Waals surface area (Å²) in [6, 6.07) is 7.98. The van der Waals surface area contributed by atoms with Crippen LogP contribution >= 0.6 is 11.3 Å². The first-order valence-corrected chi connectivity index (χ1v) is 13.4. The van der Waals surface area contributed by atoms with Crippen LogP contribution in [0.4, 0.5) is 4.39 Å². The molecule has 0 spiro atoms. The van der Waals surface area contributed by atoms with Gasteiger partial charge in [0.1, 0.15) is 19.0 Å². The van der Waals surface area contributed by atoms with Crippen LogP contribution in [-0.4, -0.2) is 50.4 Å². The van der Waals surface area contributed by atoms with Crippen LogP contribution in [0.2, 0.25) is 0 Å². The van der Waals surface area contributed by atoms with E-state index in [0.717, 1.165) is 29.0 Å². The number of aromatic nitrogens is 1. The van der Waals surface area contributed by atoms with E-state index in [2.05, 4.69) is 4.99 Å². The van der Waals surface area contributed by atoms with Crippen molar-refractivity contribution in [3.63, 3.8) is 0 Å². The summed E-state index contributed by atoms with van der Waals surface area (Å²) in [5, 5.41) is 0. The van der Waals surface area contributed by atoms with Gasteiger partial charge in [0.15, 0.2) is 26.1 Å². The average Bonchev–Trinajstić information content (AvgIpc) is 3.16. The molecule has 0 saturated carbocycles. The van der Waals surface area contributed by atoms with Gasteiger partial charge in [0.05, 0.1) is 33.9 Å². The Labute approximate surface area is 204 Å². The number of hydrogen-bond acceptors (Lipinski definition) is 8. The van der Waals surface area contributed by atoms with Gasteiger partial charge in [0, 0.05) is 25.1 Å². The van der Waals surface area contributed by atoms with E-state index in [-0.39, 0.29) is 36.9 Å². The Balaban J connectivity index is 1.62. The Hall–Kier alpha value is -3.25. The molecule has 0 N–H and O–H groups in total. The number of benzene rings is 2. The average molecular weight is 523 g/mol. The molecular weight excluding hydrogens is 499 g/mol. The number of thiazole rings is 1. The molecule has 9 nitrogen and oxygen atoms in total. The van der Waals surface area contributed by atoms with Crippen molar-refractivity contribution in [3.8, 4) is 11.5 Å². The second-order valence-corrected chi connectivity index (χ2v) is 10.7. The van der Waals surface area contributed by atoms with Gasteiger partial charge in [0.25, 0.3) is 0 Å². The van der Waals surface area contributed by atoms with Crippen LogP contribution in [0.3, 0.4) is 0 Å². The minimum Gasteiger partial charge on any atom is -0.486 e. The molecule has 2 aromatic carbocycles. The van der Waals surface area contributed by atoms with E-state index in [0.29, 0.717) is 35.0 Å². The molecule has 35 heavy (non-hydrogen) atoms. The lowest BCUT2D eigenvalue weighted by molar-refractivity contribution is -0.143. The molecule has 2 heterocycles. The summed E-state index contributed by atoms with van der Waals surface area (Å²) in [6.45, 7) is 3.01. The number of esters is 1. The van der Waals surface area contributed by atoms with Crippen molar-refractivity contribution in [1.82, 2.24) is 4.57 Å². The highest BCUT2D eigenvalue weighted by atomic mass is 32.2. The van der Waals surface area contributed by atoms with Gasteiger partial charge in [-0.1, -0.05) is 11.3 Å². The summed E-state index contributed by atoms with van der Waals surface area (Å²) in [7, 11) is -3.78. The number of aryl methyl sites for hydroxylation is 1. The van der Waals surface area contributed by atoms with Crippen LogP contribution in [0.1, 0.15) is 19.8 Å². The summed E-state index contributed by atoms with van der Waals surface area (Å²) < 4.78 is 56.9. The Morgan fingerprint density at radius 2 is 1.80 bits per heavy atom. The fourth-order valence-corrected chi connectivity index (χ4v) is 5.80. The van der Waals surface area contributed by atoms with Gasteiger partial charge in [-0.2, -0.15) is 4.99 Å².